The minimum absolute atomic E-state index is 0.156. The maximum atomic E-state index is 11.6. The van der Waals surface area contributed by atoms with Gasteiger partial charge in [0.05, 0.1) is 0 Å². The van der Waals surface area contributed by atoms with Crippen molar-refractivity contribution in [1.82, 2.24) is 0 Å². The second kappa shape index (κ2) is 6.28. The maximum absolute atomic E-state index is 11.6. The number of rotatable bonds is 5. The number of esters is 1. The summed E-state index contributed by atoms with van der Waals surface area (Å²) < 4.78 is 5.15. The normalized spacial score (nSPS) is 14.2. The van der Waals surface area contributed by atoms with Crippen LogP contribution >= 0.6 is 0 Å². The molecule has 88 valence electrons. The van der Waals surface area contributed by atoms with Gasteiger partial charge in [-0.3, -0.25) is 4.79 Å². The third-order valence-electron chi connectivity index (χ3n) is 2.75. The number of hydrogen-bond acceptors (Lipinski definition) is 3. The number of carbonyl (C=O) groups is 1. The summed E-state index contributed by atoms with van der Waals surface area (Å²) in [6.07, 6.45) is 0.877. The molecule has 0 amide bonds. The standard InChI is InChI=1S/C13H19NO2/c1-3-10(2)12(14)13(15)16-9-11-7-5-4-6-8-11/h4-8,10,12H,3,9,14H2,1-2H3. The fourth-order valence-electron chi connectivity index (χ4n) is 1.31. The lowest BCUT2D eigenvalue weighted by atomic mass is 10.0. The van der Waals surface area contributed by atoms with Crippen LogP contribution in [-0.2, 0) is 16.1 Å². The van der Waals surface area contributed by atoms with E-state index in [2.05, 4.69) is 0 Å². The van der Waals surface area contributed by atoms with E-state index in [0.717, 1.165) is 12.0 Å². The Kier molecular flexibility index (Phi) is 4.99. The molecular weight excluding hydrogens is 202 g/mol. The van der Waals surface area contributed by atoms with E-state index in [-0.39, 0.29) is 11.9 Å². The number of benzene rings is 1. The van der Waals surface area contributed by atoms with Crippen LogP contribution in [0.25, 0.3) is 0 Å². The lowest BCUT2D eigenvalue weighted by molar-refractivity contribution is -0.147. The van der Waals surface area contributed by atoms with Gasteiger partial charge >= 0.3 is 5.97 Å². The Morgan fingerprint density at radius 1 is 1.38 bits per heavy atom. The van der Waals surface area contributed by atoms with Gasteiger partial charge in [-0.25, -0.2) is 0 Å². The Bertz CT molecular complexity index is 324. The van der Waals surface area contributed by atoms with Crippen molar-refractivity contribution in [2.45, 2.75) is 32.9 Å². The Morgan fingerprint density at radius 2 is 2.00 bits per heavy atom. The van der Waals surface area contributed by atoms with Crippen molar-refractivity contribution < 1.29 is 9.53 Å². The zero-order valence-corrected chi connectivity index (χ0v) is 9.85. The molecule has 16 heavy (non-hydrogen) atoms. The predicted octanol–water partition coefficient (Wildman–Crippen LogP) is 2.10. The number of ether oxygens (including phenoxy) is 1. The molecule has 0 bridgehead atoms. The third kappa shape index (κ3) is 3.66. The van der Waals surface area contributed by atoms with E-state index in [4.69, 9.17) is 10.5 Å². The van der Waals surface area contributed by atoms with Crippen LogP contribution in [0, 0.1) is 5.92 Å². The second-order valence-corrected chi connectivity index (χ2v) is 4.00. The molecule has 0 aliphatic rings. The first-order chi connectivity index (χ1) is 7.65. The zero-order chi connectivity index (χ0) is 12.0. The van der Waals surface area contributed by atoms with Gasteiger partial charge in [0.2, 0.25) is 0 Å². The van der Waals surface area contributed by atoms with Crippen LogP contribution < -0.4 is 5.73 Å². The molecule has 0 aromatic heterocycles. The van der Waals surface area contributed by atoms with Crippen LogP contribution in [0.4, 0.5) is 0 Å². The van der Waals surface area contributed by atoms with E-state index in [1.807, 2.05) is 44.2 Å². The quantitative estimate of drug-likeness (QED) is 0.775. The topological polar surface area (TPSA) is 52.3 Å². The summed E-state index contributed by atoms with van der Waals surface area (Å²) >= 11 is 0. The molecule has 2 atom stereocenters. The summed E-state index contributed by atoms with van der Waals surface area (Å²) in [6, 6.07) is 9.07. The van der Waals surface area contributed by atoms with Crippen LogP contribution in [0.15, 0.2) is 30.3 Å². The number of carbonyl (C=O) groups excluding carboxylic acids is 1. The largest absolute Gasteiger partial charge is 0.460 e. The Labute approximate surface area is 96.6 Å². The van der Waals surface area contributed by atoms with Gasteiger partial charge < -0.3 is 10.5 Å². The SMILES string of the molecule is CCC(C)C(N)C(=O)OCc1ccccc1. The van der Waals surface area contributed by atoms with Gasteiger partial charge in [0, 0.05) is 0 Å². The minimum atomic E-state index is -0.520. The van der Waals surface area contributed by atoms with E-state index in [0.29, 0.717) is 6.61 Å². The molecule has 0 radical (unpaired) electrons. The Morgan fingerprint density at radius 3 is 2.56 bits per heavy atom. The van der Waals surface area contributed by atoms with Gasteiger partial charge in [0.25, 0.3) is 0 Å². The van der Waals surface area contributed by atoms with Crippen LogP contribution in [0.2, 0.25) is 0 Å². The minimum Gasteiger partial charge on any atom is -0.460 e. The highest BCUT2D eigenvalue weighted by molar-refractivity contribution is 5.75. The monoisotopic (exact) mass is 221 g/mol. The van der Waals surface area contributed by atoms with E-state index in [9.17, 15) is 4.79 Å². The number of nitrogens with two attached hydrogens (primary N) is 1. The molecule has 0 saturated heterocycles. The zero-order valence-electron chi connectivity index (χ0n) is 9.85. The van der Waals surface area contributed by atoms with Gasteiger partial charge in [-0.05, 0) is 11.5 Å². The van der Waals surface area contributed by atoms with Crippen LogP contribution in [-0.4, -0.2) is 12.0 Å². The van der Waals surface area contributed by atoms with Gasteiger partial charge in [-0.15, -0.1) is 0 Å². The molecule has 2 N–H and O–H groups in total. The summed E-state index contributed by atoms with van der Waals surface area (Å²) in [5.41, 5.74) is 6.74. The summed E-state index contributed by atoms with van der Waals surface area (Å²) in [5, 5.41) is 0. The molecule has 0 aliphatic heterocycles. The van der Waals surface area contributed by atoms with E-state index in [1.165, 1.54) is 0 Å². The molecule has 0 aliphatic carbocycles. The van der Waals surface area contributed by atoms with E-state index >= 15 is 0 Å². The first kappa shape index (κ1) is 12.7. The highest BCUT2D eigenvalue weighted by atomic mass is 16.5. The molecular formula is C13H19NO2. The maximum Gasteiger partial charge on any atom is 0.323 e. The van der Waals surface area contributed by atoms with Crippen molar-refractivity contribution in [2.75, 3.05) is 0 Å². The molecule has 2 unspecified atom stereocenters. The fourth-order valence-corrected chi connectivity index (χ4v) is 1.31. The van der Waals surface area contributed by atoms with Gasteiger partial charge in [-0.1, -0.05) is 50.6 Å². The summed E-state index contributed by atoms with van der Waals surface area (Å²) in [4.78, 5) is 11.6. The molecule has 3 heteroatoms. The van der Waals surface area contributed by atoms with Crippen molar-refractivity contribution in [3.8, 4) is 0 Å². The molecule has 1 aromatic rings. The molecule has 0 saturated carbocycles. The highest BCUT2D eigenvalue weighted by Gasteiger charge is 2.20. The Hall–Kier alpha value is -1.35. The van der Waals surface area contributed by atoms with Crippen LogP contribution in [0.3, 0.4) is 0 Å². The third-order valence-corrected chi connectivity index (χ3v) is 2.75. The summed E-state index contributed by atoms with van der Waals surface area (Å²) in [6.45, 7) is 4.26. The molecule has 1 aromatic carbocycles. The molecule has 3 nitrogen and oxygen atoms in total. The van der Waals surface area contributed by atoms with E-state index < -0.39 is 6.04 Å². The Balaban J connectivity index is 2.41. The van der Waals surface area contributed by atoms with Crippen molar-refractivity contribution >= 4 is 5.97 Å². The van der Waals surface area contributed by atoms with Crippen LogP contribution in [0.1, 0.15) is 25.8 Å². The lowest BCUT2D eigenvalue weighted by Crippen LogP contribution is -2.37. The smallest absolute Gasteiger partial charge is 0.323 e. The van der Waals surface area contributed by atoms with Crippen molar-refractivity contribution in [3.05, 3.63) is 35.9 Å². The molecule has 0 heterocycles. The first-order valence-corrected chi connectivity index (χ1v) is 5.61. The first-order valence-electron chi connectivity index (χ1n) is 5.61. The second-order valence-electron chi connectivity index (χ2n) is 4.00. The molecule has 0 fully saturated rings. The molecule has 1 rings (SSSR count). The average molecular weight is 221 g/mol. The van der Waals surface area contributed by atoms with Crippen LogP contribution in [0.5, 0.6) is 0 Å². The molecule has 0 spiro atoms. The van der Waals surface area contributed by atoms with Crippen molar-refractivity contribution in [2.24, 2.45) is 11.7 Å². The summed E-state index contributed by atoms with van der Waals surface area (Å²) in [5.74, 6) is -0.165. The van der Waals surface area contributed by atoms with Crippen molar-refractivity contribution in [3.63, 3.8) is 0 Å². The number of hydrogen-bond donors (Lipinski definition) is 1. The highest BCUT2D eigenvalue weighted by Crippen LogP contribution is 2.08. The van der Waals surface area contributed by atoms with Gasteiger partial charge in [0.1, 0.15) is 12.6 Å². The average Bonchev–Trinajstić information content (AvgIpc) is 2.35. The van der Waals surface area contributed by atoms with E-state index in [1.54, 1.807) is 0 Å². The summed E-state index contributed by atoms with van der Waals surface area (Å²) in [7, 11) is 0. The predicted molar refractivity (Wildman–Crippen MR) is 63.7 cm³/mol. The van der Waals surface area contributed by atoms with Crippen molar-refractivity contribution in [1.29, 1.82) is 0 Å². The lowest BCUT2D eigenvalue weighted by Gasteiger charge is -2.16. The van der Waals surface area contributed by atoms with Gasteiger partial charge in [0.15, 0.2) is 0 Å². The van der Waals surface area contributed by atoms with Gasteiger partial charge in [-0.2, -0.15) is 0 Å². The fraction of sp³-hybridized carbons (Fsp3) is 0.462.